The second-order valence-corrected chi connectivity index (χ2v) is 5.92. The minimum Gasteiger partial charge on any atom is -0.302 e. The van der Waals surface area contributed by atoms with Crippen LogP contribution in [0.15, 0.2) is 48.5 Å². The van der Waals surface area contributed by atoms with E-state index in [4.69, 9.17) is 23.2 Å². The van der Waals surface area contributed by atoms with E-state index in [1.807, 2.05) is 31.3 Å². The van der Waals surface area contributed by atoms with Crippen molar-refractivity contribution in [2.45, 2.75) is 13.0 Å². The number of ketones is 1. The Morgan fingerprint density at radius 2 is 1.48 bits per heavy atom. The molecule has 0 saturated heterocycles. The van der Waals surface area contributed by atoms with Gasteiger partial charge in [0.1, 0.15) is 0 Å². The molecule has 110 valence electrons. The Hall–Kier alpha value is -1.35. The molecule has 2 aromatic rings. The monoisotopic (exact) mass is 321 g/mol. The summed E-state index contributed by atoms with van der Waals surface area (Å²) in [5, 5.41) is 1.38. The average Bonchev–Trinajstić information content (AvgIpc) is 2.48. The summed E-state index contributed by atoms with van der Waals surface area (Å²) in [7, 11) is 2.00. The van der Waals surface area contributed by atoms with Crippen LogP contribution in [0.5, 0.6) is 0 Å². The molecule has 0 aliphatic rings. The summed E-state index contributed by atoms with van der Waals surface area (Å²) < 4.78 is 0. The largest absolute Gasteiger partial charge is 0.302 e. The predicted octanol–water partition coefficient (Wildman–Crippen LogP) is 4.70. The molecule has 0 atom stereocenters. The molecular formula is C17H17Cl2NO. The zero-order valence-electron chi connectivity index (χ0n) is 11.9. The summed E-state index contributed by atoms with van der Waals surface area (Å²) >= 11 is 11.7. The first-order chi connectivity index (χ1) is 10.0. The Morgan fingerprint density at radius 3 is 2.05 bits per heavy atom. The normalized spacial score (nSPS) is 10.9. The van der Waals surface area contributed by atoms with Crippen molar-refractivity contribution in [3.05, 3.63) is 69.7 Å². The third-order valence-corrected chi connectivity index (χ3v) is 3.76. The van der Waals surface area contributed by atoms with Crippen molar-refractivity contribution in [3.63, 3.8) is 0 Å². The van der Waals surface area contributed by atoms with Crippen molar-refractivity contribution in [1.82, 2.24) is 4.90 Å². The van der Waals surface area contributed by atoms with Crippen LogP contribution in [0, 0.1) is 0 Å². The summed E-state index contributed by atoms with van der Waals surface area (Å²) in [5.41, 5.74) is 1.89. The zero-order chi connectivity index (χ0) is 15.2. The molecule has 21 heavy (non-hydrogen) atoms. The molecule has 4 heteroatoms. The third-order valence-electron chi connectivity index (χ3n) is 3.25. The maximum absolute atomic E-state index is 12.1. The summed E-state index contributed by atoms with van der Waals surface area (Å²) in [5.74, 6) is 0.134. The van der Waals surface area contributed by atoms with Gasteiger partial charge in [-0.2, -0.15) is 0 Å². The highest BCUT2D eigenvalue weighted by Gasteiger charge is 2.08. The molecule has 0 spiro atoms. The fraction of sp³-hybridized carbons (Fsp3) is 0.235. The summed E-state index contributed by atoms with van der Waals surface area (Å²) in [6.45, 7) is 1.51. The second kappa shape index (κ2) is 7.60. The molecule has 0 fully saturated rings. The number of benzene rings is 2. The van der Waals surface area contributed by atoms with Gasteiger partial charge in [-0.3, -0.25) is 4.79 Å². The highest BCUT2D eigenvalue weighted by atomic mass is 35.5. The lowest BCUT2D eigenvalue weighted by atomic mass is 10.1. The summed E-state index contributed by atoms with van der Waals surface area (Å²) in [6, 6.07) is 14.8. The highest BCUT2D eigenvalue weighted by molar-refractivity contribution is 6.30. The number of hydrogen-bond donors (Lipinski definition) is 0. The van der Waals surface area contributed by atoms with Crippen molar-refractivity contribution in [3.8, 4) is 0 Å². The van der Waals surface area contributed by atoms with Gasteiger partial charge in [-0.1, -0.05) is 35.3 Å². The van der Waals surface area contributed by atoms with Gasteiger partial charge in [-0.25, -0.2) is 0 Å². The van der Waals surface area contributed by atoms with Crippen LogP contribution in [0.3, 0.4) is 0 Å². The van der Waals surface area contributed by atoms with Gasteiger partial charge in [0.25, 0.3) is 0 Å². The van der Waals surface area contributed by atoms with Gasteiger partial charge in [-0.15, -0.1) is 0 Å². The Kier molecular flexibility index (Phi) is 5.80. The van der Waals surface area contributed by atoms with Gasteiger partial charge in [0, 0.05) is 35.1 Å². The van der Waals surface area contributed by atoms with Crippen LogP contribution in [-0.2, 0) is 6.54 Å². The van der Waals surface area contributed by atoms with Crippen LogP contribution in [0.25, 0.3) is 0 Å². The predicted molar refractivity (Wildman–Crippen MR) is 88.2 cm³/mol. The molecule has 0 aliphatic heterocycles. The van der Waals surface area contributed by atoms with E-state index in [-0.39, 0.29) is 5.78 Å². The fourth-order valence-corrected chi connectivity index (χ4v) is 2.31. The summed E-state index contributed by atoms with van der Waals surface area (Å²) in [4.78, 5) is 14.2. The van der Waals surface area contributed by atoms with Crippen molar-refractivity contribution < 1.29 is 4.79 Å². The van der Waals surface area contributed by atoms with Crippen molar-refractivity contribution in [1.29, 1.82) is 0 Å². The van der Waals surface area contributed by atoms with Crippen molar-refractivity contribution in [2.24, 2.45) is 0 Å². The van der Waals surface area contributed by atoms with Gasteiger partial charge in [0.2, 0.25) is 0 Å². The molecule has 0 radical (unpaired) electrons. The van der Waals surface area contributed by atoms with E-state index in [9.17, 15) is 4.79 Å². The maximum Gasteiger partial charge on any atom is 0.164 e. The molecule has 0 bridgehead atoms. The van der Waals surface area contributed by atoms with Gasteiger partial charge < -0.3 is 4.90 Å². The lowest BCUT2D eigenvalue weighted by molar-refractivity contribution is 0.0968. The van der Waals surface area contributed by atoms with Crippen LogP contribution in [0.2, 0.25) is 10.0 Å². The molecule has 0 unspecified atom stereocenters. The van der Waals surface area contributed by atoms with Gasteiger partial charge >= 0.3 is 0 Å². The van der Waals surface area contributed by atoms with Gasteiger partial charge in [-0.05, 0) is 49.0 Å². The SMILES string of the molecule is CN(CCC(=O)c1ccc(Cl)cc1)Cc1ccc(Cl)cc1. The number of hydrogen-bond acceptors (Lipinski definition) is 2. The second-order valence-electron chi connectivity index (χ2n) is 5.04. The van der Waals surface area contributed by atoms with Gasteiger partial charge in [0.15, 0.2) is 5.78 Å². The Morgan fingerprint density at radius 1 is 0.952 bits per heavy atom. The van der Waals surface area contributed by atoms with Crippen LogP contribution in [0.4, 0.5) is 0 Å². The maximum atomic E-state index is 12.1. The minimum absolute atomic E-state index is 0.134. The number of rotatable bonds is 6. The third kappa shape index (κ3) is 5.16. The van der Waals surface area contributed by atoms with Gasteiger partial charge in [0.05, 0.1) is 0 Å². The first kappa shape index (κ1) is 16.0. The first-order valence-corrected chi connectivity index (χ1v) is 7.52. The highest BCUT2D eigenvalue weighted by Crippen LogP contribution is 2.13. The summed E-state index contributed by atoms with van der Waals surface area (Å²) in [6.07, 6.45) is 0.492. The average molecular weight is 322 g/mol. The smallest absolute Gasteiger partial charge is 0.164 e. The molecule has 0 heterocycles. The molecule has 0 aromatic heterocycles. The number of nitrogens with zero attached hydrogens (tertiary/aromatic N) is 1. The number of carbonyl (C=O) groups excluding carboxylic acids is 1. The van der Waals surface area contributed by atoms with E-state index in [2.05, 4.69) is 4.90 Å². The van der Waals surface area contributed by atoms with E-state index in [0.29, 0.717) is 23.6 Å². The lowest BCUT2D eigenvalue weighted by Crippen LogP contribution is -2.21. The van der Waals surface area contributed by atoms with E-state index < -0.39 is 0 Å². The van der Waals surface area contributed by atoms with Crippen LogP contribution in [0.1, 0.15) is 22.3 Å². The molecule has 0 amide bonds. The Labute approximate surface area is 135 Å². The number of Topliss-reactive ketones (excluding diaryl/α,β-unsaturated/α-hetero) is 1. The Bertz CT molecular complexity index is 593. The molecule has 2 aromatic carbocycles. The molecule has 2 rings (SSSR count). The van der Waals surface area contributed by atoms with Crippen molar-refractivity contribution >= 4 is 29.0 Å². The molecule has 0 saturated carbocycles. The number of carbonyl (C=O) groups is 1. The quantitative estimate of drug-likeness (QED) is 0.719. The lowest BCUT2D eigenvalue weighted by Gasteiger charge is -2.16. The minimum atomic E-state index is 0.134. The zero-order valence-corrected chi connectivity index (χ0v) is 13.4. The van der Waals surface area contributed by atoms with Crippen LogP contribution >= 0.6 is 23.2 Å². The van der Waals surface area contributed by atoms with Crippen molar-refractivity contribution in [2.75, 3.05) is 13.6 Å². The van der Waals surface area contributed by atoms with E-state index in [1.165, 1.54) is 5.56 Å². The first-order valence-electron chi connectivity index (χ1n) is 6.76. The van der Waals surface area contributed by atoms with Crippen LogP contribution < -0.4 is 0 Å². The van der Waals surface area contributed by atoms with E-state index >= 15 is 0 Å². The molecule has 0 N–H and O–H groups in total. The van der Waals surface area contributed by atoms with Crippen LogP contribution in [-0.4, -0.2) is 24.3 Å². The molecule has 2 nitrogen and oxygen atoms in total. The van der Waals surface area contributed by atoms with E-state index in [0.717, 1.165) is 11.6 Å². The molecular weight excluding hydrogens is 305 g/mol. The Balaban J connectivity index is 1.83. The fourth-order valence-electron chi connectivity index (χ4n) is 2.05. The molecule has 0 aliphatic carbocycles. The number of halogens is 2. The topological polar surface area (TPSA) is 20.3 Å². The van der Waals surface area contributed by atoms with E-state index in [1.54, 1.807) is 24.3 Å². The standard InChI is InChI=1S/C17H17Cl2NO/c1-20(12-13-2-6-15(18)7-3-13)11-10-17(21)14-4-8-16(19)9-5-14/h2-9H,10-12H2,1H3.